The number of aromatic nitrogens is 4. The first-order valence-corrected chi connectivity index (χ1v) is 6.17. The van der Waals surface area contributed by atoms with Crippen LogP contribution in [-0.4, -0.2) is 19.7 Å². The third-order valence-electron chi connectivity index (χ3n) is 3.33. The van der Waals surface area contributed by atoms with E-state index in [0.29, 0.717) is 6.54 Å². The molecule has 0 amide bonds. The molecular weight excluding hydrogens is 238 g/mol. The molecule has 5 nitrogen and oxygen atoms in total. The minimum Gasteiger partial charge on any atom is -0.365 e. The lowest BCUT2D eigenvalue weighted by molar-refractivity contribution is 0.738. The predicted octanol–water partition coefficient (Wildman–Crippen LogP) is 2.28. The highest BCUT2D eigenvalue weighted by molar-refractivity contribution is 5.88. The quantitative estimate of drug-likeness (QED) is 0.778. The fourth-order valence-electron chi connectivity index (χ4n) is 2.04. The summed E-state index contributed by atoms with van der Waals surface area (Å²) in [6.45, 7) is 2.77. The highest BCUT2D eigenvalue weighted by Crippen LogP contribution is 2.19. The van der Waals surface area contributed by atoms with E-state index in [1.165, 1.54) is 5.56 Å². The van der Waals surface area contributed by atoms with E-state index in [1.807, 2.05) is 42.2 Å². The summed E-state index contributed by atoms with van der Waals surface area (Å²) in [7, 11) is 1.94. The molecule has 0 radical (unpaired) electrons. The summed E-state index contributed by atoms with van der Waals surface area (Å²) in [5.74, 6) is 0.855. The van der Waals surface area contributed by atoms with E-state index >= 15 is 0 Å². The van der Waals surface area contributed by atoms with Gasteiger partial charge in [0, 0.05) is 30.2 Å². The van der Waals surface area contributed by atoms with Gasteiger partial charge in [0.1, 0.15) is 12.1 Å². The number of nitrogens with zero attached hydrogens (tertiary/aromatic N) is 4. The van der Waals surface area contributed by atoms with Crippen LogP contribution in [0.5, 0.6) is 0 Å². The van der Waals surface area contributed by atoms with Crippen LogP contribution < -0.4 is 5.32 Å². The van der Waals surface area contributed by atoms with E-state index in [1.54, 1.807) is 6.33 Å². The Labute approximate surface area is 111 Å². The number of hydrogen-bond acceptors (Lipinski definition) is 4. The molecule has 0 aliphatic carbocycles. The first kappa shape index (κ1) is 11.6. The molecule has 5 heteroatoms. The topological polar surface area (TPSA) is 55.6 Å². The number of nitrogens with one attached hydrogen (secondary N) is 1. The maximum absolute atomic E-state index is 4.31. The van der Waals surface area contributed by atoms with Gasteiger partial charge < -0.3 is 5.32 Å². The molecule has 3 rings (SSSR count). The van der Waals surface area contributed by atoms with Gasteiger partial charge >= 0.3 is 0 Å². The summed E-state index contributed by atoms with van der Waals surface area (Å²) in [6, 6.07) is 7.97. The zero-order valence-corrected chi connectivity index (χ0v) is 11.0. The van der Waals surface area contributed by atoms with E-state index in [2.05, 4.69) is 27.3 Å². The summed E-state index contributed by atoms with van der Waals surface area (Å²) >= 11 is 0. The van der Waals surface area contributed by atoms with E-state index in [4.69, 9.17) is 0 Å². The summed E-state index contributed by atoms with van der Waals surface area (Å²) < 4.78 is 1.87. The first-order chi connectivity index (χ1) is 9.25. The van der Waals surface area contributed by atoms with Crippen molar-refractivity contribution in [3.05, 3.63) is 48.0 Å². The van der Waals surface area contributed by atoms with Crippen LogP contribution in [0.25, 0.3) is 10.9 Å². The van der Waals surface area contributed by atoms with Crippen molar-refractivity contribution in [2.75, 3.05) is 5.32 Å². The van der Waals surface area contributed by atoms with Gasteiger partial charge in [-0.25, -0.2) is 9.97 Å². The van der Waals surface area contributed by atoms with Crippen LogP contribution in [0.3, 0.4) is 0 Å². The lowest BCUT2D eigenvalue weighted by Crippen LogP contribution is -2.03. The van der Waals surface area contributed by atoms with Crippen LogP contribution in [0.2, 0.25) is 0 Å². The number of rotatable bonds is 3. The van der Waals surface area contributed by atoms with Gasteiger partial charge in [-0.15, -0.1) is 0 Å². The zero-order chi connectivity index (χ0) is 13.2. The maximum atomic E-state index is 4.31. The van der Waals surface area contributed by atoms with Crippen molar-refractivity contribution in [1.29, 1.82) is 0 Å². The Morgan fingerprint density at radius 3 is 2.84 bits per heavy atom. The average Bonchev–Trinajstić information content (AvgIpc) is 2.76. The molecular formula is C14H15N5. The second-order valence-electron chi connectivity index (χ2n) is 4.47. The van der Waals surface area contributed by atoms with Gasteiger partial charge in [-0.3, -0.25) is 4.68 Å². The standard InChI is InChI=1S/C14H15N5/c1-10-11(8-18-19(10)2)7-15-14-12-5-3-4-6-13(12)16-9-17-14/h3-6,8-9H,7H2,1-2H3,(H,15,16,17). The molecule has 0 bridgehead atoms. The number of aryl methyl sites for hydroxylation is 1. The molecule has 19 heavy (non-hydrogen) atoms. The highest BCUT2D eigenvalue weighted by atomic mass is 15.3. The Kier molecular flexibility index (Phi) is 2.87. The van der Waals surface area contributed by atoms with Crippen molar-refractivity contribution in [2.24, 2.45) is 7.05 Å². The number of benzene rings is 1. The van der Waals surface area contributed by atoms with E-state index in [-0.39, 0.29) is 0 Å². The smallest absolute Gasteiger partial charge is 0.137 e. The van der Waals surface area contributed by atoms with E-state index < -0.39 is 0 Å². The third-order valence-corrected chi connectivity index (χ3v) is 3.33. The Hall–Kier alpha value is -2.43. The minimum absolute atomic E-state index is 0.709. The fourth-order valence-corrected chi connectivity index (χ4v) is 2.04. The number of fused-ring (bicyclic) bond motifs is 1. The van der Waals surface area contributed by atoms with Gasteiger partial charge in [0.05, 0.1) is 11.7 Å². The summed E-state index contributed by atoms with van der Waals surface area (Å²) in [5, 5.41) is 8.62. The molecule has 0 fully saturated rings. The second kappa shape index (κ2) is 4.68. The average molecular weight is 253 g/mol. The SMILES string of the molecule is Cc1c(CNc2ncnc3ccccc23)cnn1C. The molecule has 0 saturated carbocycles. The molecule has 2 aromatic heterocycles. The number of para-hydroxylation sites is 1. The summed E-state index contributed by atoms with van der Waals surface area (Å²) in [4.78, 5) is 8.56. The number of anilines is 1. The molecule has 96 valence electrons. The Balaban J connectivity index is 1.88. The molecule has 3 aromatic rings. The van der Waals surface area contributed by atoms with Crippen LogP contribution >= 0.6 is 0 Å². The van der Waals surface area contributed by atoms with Crippen molar-refractivity contribution in [3.63, 3.8) is 0 Å². The van der Waals surface area contributed by atoms with Crippen LogP contribution in [0.1, 0.15) is 11.3 Å². The molecule has 0 spiro atoms. The van der Waals surface area contributed by atoms with Crippen molar-refractivity contribution >= 4 is 16.7 Å². The molecule has 0 saturated heterocycles. The zero-order valence-electron chi connectivity index (χ0n) is 11.0. The van der Waals surface area contributed by atoms with Crippen molar-refractivity contribution in [3.8, 4) is 0 Å². The van der Waals surface area contributed by atoms with Crippen LogP contribution in [0, 0.1) is 6.92 Å². The molecule has 1 N–H and O–H groups in total. The molecule has 0 aliphatic heterocycles. The summed E-state index contributed by atoms with van der Waals surface area (Å²) in [6.07, 6.45) is 3.46. The van der Waals surface area contributed by atoms with Gasteiger partial charge in [0.15, 0.2) is 0 Å². The maximum Gasteiger partial charge on any atom is 0.137 e. The van der Waals surface area contributed by atoms with Crippen molar-refractivity contribution in [2.45, 2.75) is 13.5 Å². The Morgan fingerprint density at radius 1 is 1.21 bits per heavy atom. The molecule has 2 heterocycles. The lowest BCUT2D eigenvalue weighted by atomic mass is 10.2. The highest BCUT2D eigenvalue weighted by Gasteiger charge is 2.06. The van der Waals surface area contributed by atoms with Crippen molar-refractivity contribution in [1.82, 2.24) is 19.7 Å². The Morgan fingerprint density at radius 2 is 2.05 bits per heavy atom. The monoisotopic (exact) mass is 253 g/mol. The fraction of sp³-hybridized carbons (Fsp3) is 0.214. The van der Waals surface area contributed by atoms with Crippen LogP contribution in [-0.2, 0) is 13.6 Å². The molecule has 0 aliphatic rings. The predicted molar refractivity (Wildman–Crippen MR) is 74.8 cm³/mol. The lowest BCUT2D eigenvalue weighted by Gasteiger charge is -2.07. The van der Waals surface area contributed by atoms with Gasteiger partial charge in [-0.05, 0) is 19.1 Å². The third kappa shape index (κ3) is 2.14. The molecule has 1 aromatic carbocycles. The summed E-state index contributed by atoms with van der Waals surface area (Å²) in [5.41, 5.74) is 3.28. The largest absolute Gasteiger partial charge is 0.365 e. The van der Waals surface area contributed by atoms with Gasteiger partial charge in [-0.1, -0.05) is 12.1 Å². The minimum atomic E-state index is 0.709. The van der Waals surface area contributed by atoms with Crippen molar-refractivity contribution < 1.29 is 0 Å². The Bertz CT molecular complexity index is 711. The van der Waals surface area contributed by atoms with Gasteiger partial charge in [0.25, 0.3) is 0 Å². The number of hydrogen-bond donors (Lipinski definition) is 1. The second-order valence-corrected chi connectivity index (χ2v) is 4.47. The van der Waals surface area contributed by atoms with E-state index in [9.17, 15) is 0 Å². The normalized spacial score (nSPS) is 10.8. The molecule has 0 unspecified atom stereocenters. The van der Waals surface area contributed by atoms with Crippen LogP contribution in [0.4, 0.5) is 5.82 Å². The first-order valence-electron chi connectivity index (χ1n) is 6.17. The van der Waals surface area contributed by atoms with Gasteiger partial charge in [0.2, 0.25) is 0 Å². The van der Waals surface area contributed by atoms with Crippen LogP contribution in [0.15, 0.2) is 36.8 Å². The van der Waals surface area contributed by atoms with E-state index in [0.717, 1.165) is 22.4 Å². The molecule has 0 atom stereocenters. The van der Waals surface area contributed by atoms with Gasteiger partial charge in [-0.2, -0.15) is 5.10 Å².